The Morgan fingerprint density at radius 2 is 1.72 bits per heavy atom. The molecule has 0 radical (unpaired) electrons. The molecule has 9 nitrogen and oxygen atoms in total. The van der Waals surface area contributed by atoms with Crippen LogP contribution in [0.1, 0.15) is 22.3 Å². The maximum absolute atomic E-state index is 12.8. The van der Waals surface area contributed by atoms with Gasteiger partial charge in [-0.3, -0.25) is 19.7 Å². The Labute approximate surface area is 182 Å². The van der Waals surface area contributed by atoms with Crippen LogP contribution in [0.25, 0.3) is 0 Å². The summed E-state index contributed by atoms with van der Waals surface area (Å²) in [4.78, 5) is 48.6. The fraction of sp³-hybridized carbons (Fsp3) is 0.217. The van der Waals surface area contributed by atoms with E-state index in [0.717, 1.165) is 17.6 Å². The van der Waals surface area contributed by atoms with E-state index in [9.17, 15) is 24.5 Å². The molecule has 3 aliphatic rings. The third kappa shape index (κ3) is 3.18. The first-order valence-corrected chi connectivity index (χ1v) is 10.1. The highest BCUT2D eigenvalue weighted by atomic mass is 16.6. The zero-order valence-corrected chi connectivity index (χ0v) is 16.7. The fourth-order valence-corrected chi connectivity index (χ4v) is 4.70. The summed E-state index contributed by atoms with van der Waals surface area (Å²) >= 11 is 0. The van der Waals surface area contributed by atoms with Gasteiger partial charge in [0.1, 0.15) is 5.75 Å². The minimum atomic E-state index is -0.653. The van der Waals surface area contributed by atoms with Crippen LogP contribution >= 0.6 is 0 Å². The molecule has 2 amide bonds. The second-order valence-corrected chi connectivity index (χ2v) is 7.97. The number of imide groups is 1. The maximum atomic E-state index is 12.8. The Balaban J connectivity index is 1.43. The number of rotatable bonds is 5. The van der Waals surface area contributed by atoms with Crippen LogP contribution in [0.5, 0.6) is 5.75 Å². The lowest BCUT2D eigenvalue weighted by molar-refractivity contribution is -0.384. The van der Waals surface area contributed by atoms with Crippen molar-refractivity contribution in [3.63, 3.8) is 0 Å². The van der Waals surface area contributed by atoms with Gasteiger partial charge in [0.05, 0.1) is 28.5 Å². The van der Waals surface area contributed by atoms with Gasteiger partial charge >= 0.3 is 5.97 Å². The summed E-state index contributed by atoms with van der Waals surface area (Å²) in [6.45, 7) is 0. The standard InChI is InChI=1S/C23H17N3O6/c27-21-19-14-6-7-15(10-14)20(19)22(28)25(21)24-12-16-11-17(26(30)31)8-9-18(16)32-23(29)13-4-2-1-3-5-13/h1-9,11-12,14-15,19-20H,10H2/t14-,15-,19-,20+/m0/s1. The second kappa shape index (κ2) is 7.52. The molecule has 1 heterocycles. The molecule has 1 saturated heterocycles. The molecular formula is C23H17N3O6. The molecule has 9 heteroatoms. The van der Waals surface area contributed by atoms with Crippen LogP contribution in [0.15, 0.2) is 65.8 Å². The summed E-state index contributed by atoms with van der Waals surface area (Å²) in [7, 11) is 0. The fourth-order valence-electron chi connectivity index (χ4n) is 4.70. The molecule has 2 aliphatic carbocycles. The van der Waals surface area contributed by atoms with Crippen LogP contribution in [0.3, 0.4) is 0 Å². The highest BCUT2D eigenvalue weighted by molar-refractivity contribution is 6.07. The number of hydrogen-bond acceptors (Lipinski definition) is 7. The Kier molecular flexibility index (Phi) is 4.66. The second-order valence-electron chi connectivity index (χ2n) is 7.97. The lowest BCUT2D eigenvalue weighted by Gasteiger charge is -2.13. The van der Waals surface area contributed by atoms with Crippen molar-refractivity contribution >= 4 is 29.7 Å². The molecule has 2 aromatic carbocycles. The van der Waals surface area contributed by atoms with Crippen molar-refractivity contribution in [3.8, 4) is 5.75 Å². The first-order chi connectivity index (χ1) is 15.4. The van der Waals surface area contributed by atoms with Gasteiger partial charge in [0, 0.05) is 17.7 Å². The van der Waals surface area contributed by atoms with Crippen LogP contribution in [0, 0.1) is 33.8 Å². The van der Waals surface area contributed by atoms with Crippen molar-refractivity contribution in [3.05, 3.63) is 81.9 Å². The number of nitro benzene ring substituents is 1. The largest absolute Gasteiger partial charge is 0.422 e. The minimum absolute atomic E-state index is 0.0224. The zero-order valence-electron chi connectivity index (χ0n) is 16.7. The average molecular weight is 431 g/mol. The zero-order chi connectivity index (χ0) is 22.4. The third-order valence-corrected chi connectivity index (χ3v) is 6.18. The summed E-state index contributed by atoms with van der Waals surface area (Å²) in [5, 5.41) is 16.1. The highest BCUT2D eigenvalue weighted by Crippen LogP contribution is 2.52. The Morgan fingerprint density at radius 1 is 1.06 bits per heavy atom. The molecule has 0 unspecified atom stereocenters. The van der Waals surface area contributed by atoms with E-state index in [1.807, 2.05) is 12.2 Å². The van der Waals surface area contributed by atoms with Gasteiger partial charge in [-0.05, 0) is 36.5 Å². The number of hydrogen-bond donors (Lipinski definition) is 0. The van der Waals surface area contributed by atoms with E-state index >= 15 is 0 Å². The molecule has 4 atom stereocenters. The van der Waals surface area contributed by atoms with E-state index < -0.39 is 22.7 Å². The van der Waals surface area contributed by atoms with Crippen LogP contribution in [-0.4, -0.2) is 33.9 Å². The number of nitro groups is 1. The van der Waals surface area contributed by atoms with Crippen LogP contribution in [0.4, 0.5) is 5.69 Å². The normalized spacial score (nSPS) is 25.6. The van der Waals surface area contributed by atoms with E-state index in [2.05, 4.69) is 5.10 Å². The number of benzene rings is 2. The van der Waals surface area contributed by atoms with Gasteiger partial charge in [-0.25, -0.2) is 4.79 Å². The number of allylic oxidation sites excluding steroid dienone is 2. The van der Waals surface area contributed by atoms with Crippen molar-refractivity contribution in [1.82, 2.24) is 5.01 Å². The highest BCUT2D eigenvalue weighted by Gasteiger charge is 2.59. The molecular weight excluding hydrogens is 414 g/mol. The number of fused-ring (bicyclic) bond motifs is 5. The number of nitrogens with zero attached hydrogens (tertiary/aromatic N) is 3. The number of non-ortho nitro benzene ring substituents is 1. The van der Waals surface area contributed by atoms with Crippen molar-refractivity contribution in [2.24, 2.45) is 28.8 Å². The quantitative estimate of drug-likeness (QED) is 0.137. The first kappa shape index (κ1) is 19.8. The van der Waals surface area contributed by atoms with E-state index in [4.69, 9.17) is 4.74 Å². The molecule has 5 rings (SSSR count). The van der Waals surface area contributed by atoms with E-state index in [0.29, 0.717) is 5.56 Å². The molecule has 1 saturated carbocycles. The molecule has 2 fully saturated rings. The number of carbonyl (C=O) groups excluding carboxylic acids is 3. The van der Waals surface area contributed by atoms with Gasteiger partial charge in [-0.2, -0.15) is 10.1 Å². The predicted molar refractivity (Wildman–Crippen MR) is 112 cm³/mol. The number of amides is 2. The summed E-state index contributed by atoms with van der Waals surface area (Å²) in [6, 6.07) is 11.9. The van der Waals surface area contributed by atoms with Gasteiger partial charge in [0.15, 0.2) is 0 Å². The van der Waals surface area contributed by atoms with Crippen LogP contribution in [-0.2, 0) is 9.59 Å². The minimum Gasteiger partial charge on any atom is -0.422 e. The Morgan fingerprint density at radius 3 is 2.34 bits per heavy atom. The van der Waals surface area contributed by atoms with Gasteiger partial charge in [0.25, 0.3) is 17.5 Å². The Bertz CT molecular complexity index is 1180. The van der Waals surface area contributed by atoms with Crippen molar-refractivity contribution in [2.45, 2.75) is 6.42 Å². The van der Waals surface area contributed by atoms with Crippen LogP contribution in [0.2, 0.25) is 0 Å². The number of hydrazone groups is 1. The van der Waals surface area contributed by atoms with E-state index in [1.165, 1.54) is 18.2 Å². The lowest BCUT2D eigenvalue weighted by Crippen LogP contribution is -2.28. The molecule has 160 valence electrons. The monoisotopic (exact) mass is 431 g/mol. The Hall–Kier alpha value is -4.14. The molecule has 32 heavy (non-hydrogen) atoms. The van der Waals surface area contributed by atoms with Crippen molar-refractivity contribution in [2.75, 3.05) is 0 Å². The smallest absolute Gasteiger partial charge is 0.343 e. The number of esters is 1. The molecule has 1 aliphatic heterocycles. The van der Waals surface area contributed by atoms with Gasteiger partial charge in [0.2, 0.25) is 0 Å². The van der Waals surface area contributed by atoms with E-state index in [-0.39, 0.29) is 40.7 Å². The van der Waals surface area contributed by atoms with Crippen molar-refractivity contribution < 1.29 is 24.0 Å². The molecule has 0 N–H and O–H groups in total. The van der Waals surface area contributed by atoms with Gasteiger partial charge < -0.3 is 4.74 Å². The summed E-state index contributed by atoms with van der Waals surface area (Å²) in [6.07, 6.45) is 5.90. The number of carbonyl (C=O) groups is 3. The first-order valence-electron chi connectivity index (χ1n) is 10.1. The van der Waals surface area contributed by atoms with Crippen molar-refractivity contribution in [1.29, 1.82) is 0 Å². The number of ether oxygens (including phenoxy) is 1. The van der Waals surface area contributed by atoms with Gasteiger partial charge in [-0.15, -0.1) is 0 Å². The summed E-state index contributed by atoms with van der Waals surface area (Å²) in [5.41, 5.74) is 0.154. The lowest BCUT2D eigenvalue weighted by atomic mass is 9.85. The average Bonchev–Trinajstić information content (AvgIpc) is 3.48. The van der Waals surface area contributed by atoms with Crippen LogP contribution < -0.4 is 4.74 Å². The predicted octanol–water partition coefficient (Wildman–Crippen LogP) is 2.96. The summed E-state index contributed by atoms with van der Waals surface area (Å²) < 4.78 is 5.40. The molecule has 0 aromatic heterocycles. The SMILES string of the molecule is O=C(Oc1ccc([N+](=O)[O-])cc1C=NN1C(=O)[C@@H]2[C@H](C1=O)[C@H]1C=C[C@H]2C1)c1ccccc1. The van der Waals surface area contributed by atoms with E-state index in [1.54, 1.807) is 30.3 Å². The topological polar surface area (TPSA) is 119 Å². The maximum Gasteiger partial charge on any atom is 0.343 e. The van der Waals surface area contributed by atoms with Gasteiger partial charge in [-0.1, -0.05) is 30.4 Å². The third-order valence-electron chi connectivity index (χ3n) is 6.18. The summed E-state index contributed by atoms with van der Waals surface area (Å²) in [5.74, 6) is -2.11. The molecule has 2 bridgehead atoms. The molecule has 2 aromatic rings. The molecule has 0 spiro atoms.